The van der Waals surface area contributed by atoms with E-state index in [1.54, 1.807) is 5.01 Å². The van der Waals surface area contributed by atoms with Crippen molar-refractivity contribution in [2.24, 2.45) is 11.8 Å². The van der Waals surface area contributed by atoms with Gasteiger partial charge in [-0.1, -0.05) is 12.8 Å². The van der Waals surface area contributed by atoms with Crippen LogP contribution < -0.4 is 5.43 Å². The highest BCUT2D eigenvalue weighted by atomic mass is 32.1. The van der Waals surface area contributed by atoms with Crippen molar-refractivity contribution in [3.8, 4) is 0 Å². The smallest absolute Gasteiger partial charge is 0.324 e. The Labute approximate surface area is 169 Å². The Kier molecular flexibility index (Phi) is 4.40. The minimum atomic E-state index is -0.978. The van der Waals surface area contributed by atoms with E-state index in [4.69, 9.17) is 0 Å². The summed E-state index contributed by atoms with van der Waals surface area (Å²) in [5.74, 6) is -1.93. The first-order chi connectivity index (χ1) is 13.9. The van der Waals surface area contributed by atoms with Crippen LogP contribution in [0.25, 0.3) is 10.2 Å². The van der Waals surface area contributed by atoms with Gasteiger partial charge in [0.15, 0.2) is 5.78 Å². The molecule has 6 nitrogen and oxygen atoms in total. The number of Topliss-reactive ketones (excluding diaryl/α,β-unsaturated/α-hetero) is 1. The van der Waals surface area contributed by atoms with Crippen molar-refractivity contribution >= 4 is 33.3 Å². The monoisotopic (exact) mass is 419 g/mol. The number of rotatable bonds is 4. The fourth-order valence-electron chi connectivity index (χ4n) is 4.93. The number of carboxylic acids is 1. The summed E-state index contributed by atoms with van der Waals surface area (Å²) >= 11 is 1.09. The molecule has 1 fully saturated rings. The van der Waals surface area contributed by atoms with Crippen LogP contribution in [0.4, 0.5) is 8.78 Å². The Morgan fingerprint density at radius 3 is 2.79 bits per heavy atom. The van der Waals surface area contributed by atoms with E-state index >= 15 is 0 Å². The molecule has 3 aliphatic rings. The molecular weight excluding hydrogens is 400 g/mol. The molecule has 1 aliphatic heterocycles. The van der Waals surface area contributed by atoms with Gasteiger partial charge in [0, 0.05) is 35.7 Å². The van der Waals surface area contributed by atoms with Gasteiger partial charge in [0.2, 0.25) is 0 Å². The van der Waals surface area contributed by atoms with Crippen molar-refractivity contribution in [2.45, 2.75) is 38.1 Å². The van der Waals surface area contributed by atoms with Gasteiger partial charge in [-0.25, -0.2) is 19.2 Å². The summed E-state index contributed by atoms with van der Waals surface area (Å²) in [5.41, 5.74) is 4.87. The summed E-state index contributed by atoms with van der Waals surface area (Å²) in [6.07, 6.45) is 4.29. The summed E-state index contributed by atoms with van der Waals surface area (Å²) in [4.78, 5) is 28.8. The number of carboxylic acid groups (broad SMARTS) is 1. The maximum Gasteiger partial charge on any atom is 0.324 e. The molecule has 2 aromatic rings. The van der Waals surface area contributed by atoms with Crippen LogP contribution in [-0.2, 0) is 16.0 Å². The van der Waals surface area contributed by atoms with Gasteiger partial charge in [-0.2, -0.15) is 0 Å². The van der Waals surface area contributed by atoms with Crippen molar-refractivity contribution < 1.29 is 23.5 Å². The average Bonchev–Trinajstić information content (AvgIpc) is 3.03. The third kappa shape index (κ3) is 3.03. The number of hydrogen-bond acceptors (Lipinski definition) is 6. The quantitative estimate of drug-likeness (QED) is 0.793. The number of aromatic nitrogens is 1. The third-order valence-corrected chi connectivity index (χ3v) is 7.18. The largest absolute Gasteiger partial charge is 0.480 e. The molecule has 2 aliphatic carbocycles. The molecule has 3 atom stereocenters. The van der Waals surface area contributed by atoms with Crippen LogP contribution in [0.1, 0.15) is 30.7 Å². The molecule has 29 heavy (non-hydrogen) atoms. The van der Waals surface area contributed by atoms with Gasteiger partial charge < -0.3 is 5.11 Å². The molecule has 3 unspecified atom stereocenters. The van der Waals surface area contributed by atoms with Crippen molar-refractivity contribution in [3.63, 3.8) is 0 Å². The number of nitrogens with zero attached hydrogens (tertiary/aromatic N) is 2. The van der Waals surface area contributed by atoms with E-state index in [0.29, 0.717) is 5.01 Å². The zero-order valence-electron chi connectivity index (χ0n) is 15.5. The Morgan fingerprint density at radius 2 is 2.03 bits per heavy atom. The molecule has 0 spiro atoms. The molecule has 2 N–H and O–H groups in total. The van der Waals surface area contributed by atoms with E-state index in [-0.39, 0.29) is 40.8 Å². The molecule has 152 valence electrons. The van der Waals surface area contributed by atoms with Gasteiger partial charge in [0.1, 0.15) is 18.2 Å². The standard InChI is InChI=1S/C20H19F2N3O3S/c21-9-5-12(22)20-14(6-9)23-15(29-20)7-13-19(28)17-10-3-1-2-4-11(10)18(17)25(24-13)8-16(26)27/h5-6,10-11,13,24H,1-4,7-8H2,(H,26,27). The fourth-order valence-corrected chi connectivity index (χ4v) is 5.92. The number of halogens is 2. The number of aliphatic carboxylic acids is 1. The summed E-state index contributed by atoms with van der Waals surface area (Å²) in [7, 11) is 0. The SMILES string of the molecule is O=C(O)CN1NC(Cc2nc3cc(F)cc(F)c3s2)C(=O)C2=C1C1CCCCC21. The molecule has 5 rings (SSSR count). The van der Waals surface area contributed by atoms with E-state index in [9.17, 15) is 23.5 Å². The topological polar surface area (TPSA) is 82.5 Å². The van der Waals surface area contributed by atoms with Crippen molar-refractivity contribution in [3.05, 3.63) is 40.0 Å². The number of nitrogens with one attached hydrogen (secondary N) is 1. The number of benzene rings is 1. The normalized spacial score (nSPS) is 26.3. The van der Waals surface area contributed by atoms with Crippen LogP contribution in [0, 0.1) is 23.5 Å². The highest BCUT2D eigenvalue weighted by Gasteiger charge is 2.51. The van der Waals surface area contributed by atoms with E-state index in [0.717, 1.165) is 54.4 Å². The fraction of sp³-hybridized carbons (Fsp3) is 0.450. The third-order valence-electron chi connectivity index (χ3n) is 6.07. The van der Waals surface area contributed by atoms with E-state index in [1.807, 2.05) is 0 Å². The molecule has 1 aromatic carbocycles. The summed E-state index contributed by atoms with van der Waals surface area (Å²) < 4.78 is 27.7. The van der Waals surface area contributed by atoms with Gasteiger partial charge in [-0.05, 0) is 18.8 Å². The lowest BCUT2D eigenvalue weighted by atomic mass is 9.61. The molecular formula is C20H19F2N3O3S. The highest BCUT2D eigenvalue weighted by Crippen LogP contribution is 2.52. The lowest BCUT2D eigenvalue weighted by molar-refractivity contribution is -0.140. The number of thiazole rings is 1. The average molecular weight is 419 g/mol. The van der Waals surface area contributed by atoms with Gasteiger partial charge in [0.05, 0.1) is 21.3 Å². The van der Waals surface area contributed by atoms with Gasteiger partial charge >= 0.3 is 5.97 Å². The maximum atomic E-state index is 14.0. The number of hydrazine groups is 1. The predicted octanol–water partition coefficient (Wildman–Crippen LogP) is 3.03. The minimum Gasteiger partial charge on any atom is -0.480 e. The summed E-state index contributed by atoms with van der Waals surface area (Å²) in [6, 6.07) is 1.33. The molecule has 9 heteroatoms. The Balaban J connectivity index is 1.46. The van der Waals surface area contributed by atoms with E-state index < -0.39 is 23.6 Å². The minimum absolute atomic E-state index is 0.0318. The van der Waals surface area contributed by atoms with Crippen LogP contribution in [0.2, 0.25) is 0 Å². The van der Waals surface area contributed by atoms with Crippen LogP contribution in [-0.4, -0.2) is 39.4 Å². The summed E-state index contributed by atoms with van der Waals surface area (Å²) in [5, 5.41) is 11.4. The molecule has 2 heterocycles. The highest BCUT2D eigenvalue weighted by molar-refractivity contribution is 7.18. The molecule has 0 bridgehead atoms. The number of hydrogen-bond donors (Lipinski definition) is 2. The summed E-state index contributed by atoms with van der Waals surface area (Å²) in [6.45, 7) is -0.231. The van der Waals surface area contributed by atoms with E-state index in [2.05, 4.69) is 10.4 Å². The second kappa shape index (κ2) is 6.84. The zero-order valence-corrected chi connectivity index (χ0v) is 16.3. The number of carbonyl (C=O) groups excluding carboxylic acids is 1. The molecule has 0 radical (unpaired) electrons. The maximum absolute atomic E-state index is 14.0. The van der Waals surface area contributed by atoms with Gasteiger partial charge in [-0.3, -0.25) is 14.6 Å². The number of allylic oxidation sites excluding steroid dienone is 1. The lowest BCUT2D eigenvalue weighted by Crippen LogP contribution is -2.62. The zero-order chi connectivity index (χ0) is 20.3. The van der Waals surface area contributed by atoms with Gasteiger partial charge in [-0.15, -0.1) is 11.3 Å². The molecule has 0 amide bonds. The molecule has 1 aromatic heterocycles. The second-order valence-corrected chi connectivity index (χ2v) is 8.95. The first-order valence-electron chi connectivity index (χ1n) is 9.70. The second-order valence-electron chi connectivity index (χ2n) is 7.87. The van der Waals surface area contributed by atoms with Crippen molar-refractivity contribution in [1.82, 2.24) is 15.4 Å². The van der Waals surface area contributed by atoms with Crippen LogP contribution >= 0.6 is 11.3 Å². The number of carbonyl (C=O) groups is 2. The van der Waals surface area contributed by atoms with E-state index in [1.165, 1.54) is 6.07 Å². The Morgan fingerprint density at radius 1 is 1.28 bits per heavy atom. The Hall–Kier alpha value is -2.39. The van der Waals surface area contributed by atoms with Crippen LogP contribution in [0.3, 0.4) is 0 Å². The number of fused-ring (bicyclic) bond motifs is 4. The lowest BCUT2D eigenvalue weighted by Gasteiger charge is -2.52. The van der Waals surface area contributed by atoms with Crippen LogP contribution in [0.5, 0.6) is 0 Å². The first kappa shape index (κ1) is 18.6. The molecule has 0 saturated heterocycles. The van der Waals surface area contributed by atoms with Crippen molar-refractivity contribution in [1.29, 1.82) is 0 Å². The van der Waals surface area contributed by atoms with Crippen LogP contribution in [0.15, 0.2) is 23.4 Å². The first-order valence-corrected chi connectivity index (χ1v) is 10.5. The Bertz CT molecular complexity index is 1070. The van der Waals surface area contributed by atoms with Gasteiger partial charge in [0.25, 0.3) is 0 Å². The van der Waals surface area contributed by atoms with Crippen molar-refractivity contribution in [2.75, 3.05) is 6.54 Å². The molecule has 1 saturated carbocycles. The predicted molar refractivity (Wildman–Crippen MR) is 102 cm³/mol. The number of ketones is 1.